The lowest BCUT2D eigenvalue weighted by atomic mass is 10.2. The first-order valence-corrected chi connectivity index (χ1v) is 10.7. The Morgan fingerprint density at radius 2 is 1.87 bits per heavy atom. The summed E-state index contributed by atoms with van der Waals surface area (Å²) in [6, 6.07) is 19.1. The lowest BCUT2D eigenvalue weighted by molar-refractivity contribution is 0.103. The highest BCUT2D eigenvalue weighted by Gasteiger charge is 2.12. The molecule has 7 heteroatoms. The SMILES string of the molecule is Cc1ccc(OCc2csc(C(=O)Nc3ccn(Cc4ccc(Cl)cc4)n3)c2)cc1. The molecule has 2 aromatic heterocycles. The summed E-state index contributed by atoms with van der Waals surface area (Å²) in [6.45, 7) is 3.06. The second-order valence-electron chi connectivity index (χ2n) is 6.90. The number of halogens is 1. The summed E-state index contributed by atoms with van der Waals surface area (Å²) in [5.74, 6) is 1.14. The number of aryl methyl sites for hydroxylation is 1. The average molecular weight is 438 g/mol. The molecule has 1 N–H and O–H groups in total. The predicted octanol–water partition coefficient (Wildman–Crippen LogP) is 5.79. The van der Waals surface area contributed by atoms with E-state index >= 15 is 0 Å². The van der Waals surface area contributed by atoms with Crippen molar-refractivity contribution in [2.24, 2.45) is 0 Å². The van der Waals surface area contributed by atoms with Crippen LogP contribution in [0, 0.1) is 6.92 Å². The molecule has 152 valence electrons. The standard InChI is InChI=1S/C23H20ClN3O2S/c1-16-2-8-20(9-3-16)29-14-18-12-21(30-15-18)23(28)25-22-10-11-27(26-22)13-17-4-6-19(24)7-5-17/h2-12,15H,13-14H2,1H3,(H,25,26,28). The molecule has 30 heavy (non-hydrogen) atoms. The number of aromatic nitrogens is 2. The molecule has 0 aliphatic heterocycles. The van der Waals surface area contributed by atoms with Crippen LogP contribution in [0.25, 0.3) is 0 Å². The first-order chi connectivity index (χ1) is 14.5. The van der Waals surface area contributed by atoms with E-state index in [-0.39, 0.29) is 5.91 Å². The van der Waals surface area contributed by atoms with Gasteiger partial charge in [-0.15, -0.1) is 11.3 Å². The smallest absolute Gasteiger partial charge is 0.266 e. The van der Waals surface area contributed by atoms with Crippen molar-refractivity contribution in [2.45, 2.75) is 20.1 Å². The maximum Gasteiger partial charge on any atom is 0.266 e. The normalized spacial score (nSPS) is 10.7. The van der Waals surface area contributed by atoms with Crippen LogP contribution in [0.3, 0.4) is 0 Å². The van der Waals surface area contributed by atoms with Gasteiger partial charge in [-0.3, -0.25) is 9.48 Å². The molecule has 0 aliphatic carbocycles. The van der Waals surface area contributed by atoms with Gasteiger partial charge in [0.1, 0.15) is 12.4 Å². The van der Waals surface area contributed by atoms with Crippen molar-refractivity contribution in [3.8, 4) is 5.75 Å². The van der Waals surface area contributed by atoms with E-state index in [1.165, 1.54) is 16.9 Å². The summed E-state index contributed by atoms with van der Waals surface area (Å²) >= 11 is 7.30. The highest BCUT2D eigenvalue weighted by Crippen LogP contribution is 2.19. The highest BCUT2D eigenvalue weighted by molar-refractivity contribution is 7.12. The van der Waals surface area contributed by atoms with Crippen LogP contribution >= 0.6 is 22.9 Å². The molecule has 2 heterocycles. The van der Waals surface area contributed by atoms with Gasteiger partial charge in [0.15, 0.2) is 5.82 Å². The average Bonchev–Trinajstić information content (AvgIpc) is 3.39. The number of amides is 1. The maximum absolute atomic E-state index is 12.5. The number of carbonyl (C=O) groups is 1. The molecule has 0 unspecified atom stereocenters. The second kappa shape index (κ2) is 9.15. The molecule has 5 nitrogen and oxygen atoms in total. The third kappa shape index (κ3) is 5.28. The zero-order chi connectivity index (χ0) is 20.9. The predicted molar refractivity (Wildman–Crippen MR) is 121 cm³/mol. The van der Waals surface area contributed by atoms with Crippen LogP contribution in [0.5, 0.6) is 5.75 Å². The van der Waals surface area contributed by atoms with Crippen molar-refractivity contribution in [1.29, 1.82) is 0 Å². The van der Waals surface area contributed by atoms with Gasteiger partial charge in [0, 0.05) is 22.8 Å². The van der Waals surface area contributed by atoms with E-state index in [2.05, 4.69) is 10.4 Å². The highest BCUT2D eigenvalue weighted by atomic mass is 35.5. The van der Waals surface area contributed by atoms with E-state index in [0.29, 0.717) is 28.9 Å². The maximum atomic E-state index is 12.5. The van der Waals surface area contributed by atoms with Crippen LogP contribution in [0.4, 0.5) is 5.82 Å². The molecule has 0 atom stereocenters. The lowest BCUT2D eigenvalue weighted by Crippen LogP contribution is -2.11. The zero-order valence-electron chi connectivity index (χ0n) is 16.3. The minimum absolute atomic E-state index is 0.182. The van der Waals surface area contributed by atoms with Gasteiger partial charge < -0.3 is 10.1 Å². The molecule has 2 aromatic carbocycles. The number of rotatable bonds is 7. The third-order valence-corrected chi connectivity index (χ3v) is 5.67. The van der Waals surface area contributed by atoms with Gasteiger partial charge in [0.05, 0.1) is 11.4 Å². The van der Waals surface area contributed by atoms with Crippen LogP contribution in [-0.2, 0) is 13.2 Å². The minimum Gasteiger partial charge on any atom is -0.489 e. The summed E-state index contributed by atoms with van der Waals surface area (Å²) in [5.41, 5.74) is 3.23. The van der Waals surface area contributed by atoms with Gasteiger partial charge in [-0.1, -0.05) is 41.4 Å². The molecule has 4 rings (SSSR count). The van der Waals surface area contributed by atoms with Crippen molar-refractivity contribution in [3.63, 3.8) is 0 Å². The number of nitrogens with one attached hydrogen (secondary N) is 1. The van der Waals surface area contributed by atoms with Gasteiger partial charge in [0.2, 0.25) is 0 Å². The summed E-state index contributed by atoms with van der Waals surface area (Å²) < 4.78 is 7.55. The molecule has 4 aromatic rings. The molecular weight excluding hydrogens is 418 g/mol. The van der Waals surface area contributed by atoms with Crippen LogP contribution in [0.2, 0.25) is 5.02 Å². The van der Waals surface area contributed by atoms with Gasteiger partial charge in [-0.05, 0) is 48.2 Å². The number of thiophene rings is 1. The van der Waals surface area contributed by atoms with Crippen molar-refractivity contribution in [2.75, 3.05) is 5.32 Å². The van der Waals surface area contributed by atoms with Gasteiger partial charge >= 0.3 is 0 Å². The van der Waals surface area contributed by atoms with Crippen molar-refractivity contribution in [3.05, 3.63) is 98.8 Å². The fraction of sp³-hybridized carbons (Fsp3) is 0.130. The van der Waals surface area contributed by atoms with E-state index in [0.717, 1.165) is 16.9 Å². The number of benzene rings is 2. The van der Waals surface area contributed by atoms with Crippen LogP contribution in [0.1, 0.15) is 26.4 Å². The number of hydrogen-bond acceptors (Lipinski definition) is 4. The Morgan fingerprint density at radius 3 is 2.63 bits per heavy atom. The second-order valence-corrected chi connectivity index (χ2v) is 8.25. The molecular formula is C23H20ClN3O2S. The van der Waals surface area contributed by atoms with Crippen molar-refractivity contribution < 1.29 is 9.53 Å². The largest absolute Gasteiger partial charge is 0.489 e. The van der Waals surface area contributed by atoms with Crippen LogP contribution < -0.4 is 10.1 Å². The number of ether oxygens (including phenoxy) is 1. The quantitative estimate of drug-likeness (QED) is 0.398. The molecule has 0 fully saturated rings. The Morgan fingerprint density at radius 1 is 1.10 bits per heavy atom. The molecule has 0 spiro atoms. The van der Waals surface area contributed by atoms with Crippen LogP contribution in [0.15, 0.2) is 72.2 Å². The first kappa shape index (κ1) is 20.2. The molecule has 0 radical (unpaired) electrons. The summed E-state index contributed by atoms with van der Waals surface area (Å²) in [6.07, 6.45) is 1.83. The minimum atomic E-state index is -0.182. The number of nitrogens with zero attached hydrogens (tertiary/aromatic N) is 2. The van der Waals surface area contributed by atoms with E-state index in [9.17, 15) is 4.79 Å². The Bertz CT molecular complexity index is 1130. The summed E-state index contributed by atoms with van der Waals surface area (Å²) in [4.78, 5) is 13.2. The topological polar surface area (TPSA) is 56.1 Å². The molecule has 0 saturated heterocycles. The van der Waals surface area contributed by atoms with Gasteiger partial charge in [0.25, 0.3) is 5.91 Å². The van der Waals surface area contributed by atoms with Crippen molar-refractivity contribution in [1.82, 2.24) is 9.78 Å². The number of carbonyl (C=O) groups excluding carboxylic acids is 1. The van der Waals surface area contributed by atoms with Crippen molar-refractivity contribution >= 4 is 34.7 Å². The van der Waals surface area contributed by atoms with Gasteiger partial charge in [-0.2, -0.15) is 5.10 Å². The van der Waals surface area contributed by atoms with E-state index in [4.69, 9.17) is 16.3 Å². The summed E-state index contributed by atoms with van der Waals surface area (Å²) in [5, 5.41) is 9.89. The first-order valence-electron chi connectivity index (χ1n) is 9.41. The Kier molecular flexibility index (Phi) is 6.16. The Labute approximate surface area is 183 Å². The third-order valence-electron chi connectivity index (χ3n) is 4.44. The fourth-order valence-corrected chi connectivity index (χ4v) is 3.76. The molecule has 0 aliphatic rings. The monoisotopic (exact) mass is 437 g/mol. The zero-order valence-corrected chi connectivity index (χ0v) is 17.9. The molecule has 0 saturated carbocycles. The lowest BCUT2D eigenvalue weighted by Gasteiger charge is -2.04. The Balaban J connectivity index is 1.32. The van der Waals surface area contributed by atoms with E-state index in [1.54, 1.807) is 10.7 Å². The fourth-order valence-electron chi connectivity index (χ4n) is 2.84. The number of hydrogen-bond donors (Lipinski definition) is 1. The summed E-state index contributed by atoms with van der Waals surface area (Å²) in [7, 11) is 0. The molecule has 1 amide bonds. The Hall–Kier alpha value is -3.09. The van der Waals surface area contributed by atoms with Gasteiger partial charge in [-0.25, -0.2) is 0 Å². The van der Waals surface area contributed by atoms with Crippen LogP contribution in [-0.4, -0.2) is 15.7 Å². The molecule has 0 bridgehead atoms. The van der Waals surface area contributed by atoms with E-state index < -0.39 is 0 Å². The van der Waals surface area contributed by atoms with E-state index in [1.807, 2.05) is 73.1 Å². The number of anilines is 1.